The number of pyridine rings is 1. The van der Waals surface area contributed by atoms with Gasteiger partial charge in [-0.25, -0.2) is 8.42 Å². The van der Waals surface area contributed by atoms with Gasteiger partial charge in [-0.05, 0) is 18.6 Å². The van der Waals surface area contributed by atoms with Crippen LogP contribution in [0.1, 0.15) is 5.56 Å². The van der Waals surface area contributed by atoms with Gasteiger partial charge >= 0.3 is 0 Å². The highest BCUT2D eigenvalue weighted by Gasteiger charge is 2.24. The van der Waals surface area contributed by atoms with Gasteiger partial charge in [-0.3, -0.25) is 4.98 Å². The van der Waals surface area contributed by atoms with E-state index in [1.54, 1.807) is 7.11 Å². The highest BCUT2D eigenvalue weighted by molar-refractivity contribution is 7.91. The van der Waals surface area contributed by atoms with Gasteiger partial charge in [0, 0.05) is 24.7 Å². The molecule has 6 heteroatoms. The van der Waals surface area contributed by atoms with Gasteiger partial charge in [-0.1, -0.05) is 12.1 Å². The molecule has 1 fully saturated rings. The standard InChI is InChI=1S/C15H18N2O3S/c1-11-10-16-14-12(4-3-5-13(14)20-2)15(11)17-6-8-21(18,19)9-7-17/h3-5,10H,6-9H2,1-2H3. The monoisotopic (exact) mass is 306 g/mol. The van der Waals surface area contributed by atoms with Crippen LogP contribution in [0.2, 0.25) is 0 Å². The lowest BCUT2D eigenvalue weighted by atomic mass is 10.1. The first-order chi connectivity index (χ1) is 10.0. The molecule has 1 aliphatic heterocycles. The molecule has 0 amide bonds. The zero-order valence-electron chi connectivity index (χ0n) is 12.2. The maximum absolute atomic E-state index is 11.6. The van der Waals surface area contributed by atoms with Gasteiger partial charge in [0.2, 0.25) is 0 Å². The van der Waals surface area contributed by atoms with Crippen molar-refractivity contribution < 1.29 is 13.2 Å². The lowest BCUT2D eigenvalue weighted by Gasteiger charge is -2.31. The molecule has 0 aliphatic carbocycles. The predicted octanol–water partition coefficient (Wildman–Crippen LogP) is 1.79. The molecular weight excluding hydrogens is 288 g/mol. The van der Waals surface area contributed by atoms with Crippen LogP contribution in [0.4, 0.5) is 5.69 Å². The number of sulfone groups is 1. The van der Waals surface area contributed by atoms with Crippen LogP contribution in [0.25, 0.3) is 10.9 Å². The summed E-state index contributed by atoms with van der Waals surface area (Å²) in [4.78, 5) is 6.60. The zero-order chi connectivity index (χ0) is 15.0. The van der Waals surface area contributed by atoms with Crippen LogP contribution < -0.4 is 9.64 Å². The highest BCUT2D eigenvalue weighted by Crippen LogP contribution is 2.34. The summed E-state index contributed by atoms with van der Waals surface area (Å²) >= 11 is 0. The summed E-state index contributed by atoms with van der Waals surface area (Å²) < 4.78 is 28.6. The number of hydrogen-bond acceptors (Lipinski definition) is 5. The van der Waals surface area contributed by atoms with Crippen molar-refractivity contribution >= 4 is 26.4 Å². The van der Waals surface area contributed by atoms with E-state index in [1.165, 1.54) is 0 Å². The van der Waals surface area contributed by atoms with Crippen molar-refractivity contribution in [1.82, 2.24) is 4.98 Å². The van der Waals surface area contributed by atoms with Crippen molar-refractivity contribution in [3.63, 3.8) is 0 Å². The van der Waals surface area contributed by atoms with E-state index in [0.717, 1.165) is 27.9 Å². The molecule has 5 nitrogen and oxygen atoms in total. The minimum Gasteiger partial charge on any atom is -0.494 e. The molecule has 1 aliphatic rings. The van der Waals surface area contributed by atoms with Gasteiger partial charge in [-0.15, -0.1) is 0 Å². The molecule has 112 valence electrons. The Balaban J connectivity index is 2.12. The van der Waals surface area contributed by atoms with E-state index < -0.39 is 9.84 Å². The number of ether oxygens (including phenoxy) is 1. The van der Waals surface area contributed by atoms with Crippen molar-refractivity contribution in [2.75, 3.05) is 36.6 Å². The molecule has 0 spiro atoms. The first-order valence-corrected chi connectivity index (χ1v) is 8.71. The second-order valence-corrected chi connectivity index (χ2v) is 7.59. The van der Waals surface area contributed by atoms with E-state index in [9.17, 15) is 8.42 Å². The first kappa shape index (κ1) is 14.1. The van der Waals surface area contributed by atoms with Gasteiger partial charge in [0.15, 0.2) is 9.84 Å². The average molecular weight is 306 g/mol. The minimum absolute atomic E-state index is 0.209. The molecule has 0 unspecified atom stereocenters. The van der Waals surface area contributed by atoms with Crippen LogP contribution in [0.15, 0.2) is 24.4 Å². The Kier molecular flexibility index (Phi) is 3.49. The molecule has 1 aromatic heterocycles. The second-order valence-electron chi connectivity index (χ2n) is 5.29. The van der Waals surface area contributed by atoms with Crippen molar-refractivity contribution in [3.8, 4) is 5.75 Å². The molecule has 0 radical (unpaired) electrons. The van der Waals surface area contributed by atoms with E-state index in [1.807, 2.05) is 31.3 Å². The number of rotatable bonds is 2. The summed E-state index contributed by atoms with van der Waals surface area (Å²) in [6, 6.07) is 5.83. The molecule has 1 saturated heterocycles. The fourth-order valence-electron chi connectivity index (χ4n) is 2.80. The third kappa shape index (κ3) is 2.55. The van der Waals surface area contributed by atoms with E-state index in [2.05, 4.69) is 9.88 Å². The van der Waals surface area contributed by atoms with Crippen LogP contribution in [0, 0.1) is 6.92 Å². The molecule has 0 atom stereocenters. The summed E-state index contributed by atoms with van der Waals surface area (Å²) in [5.41, 5.74) is 2.93. The smallest absolute Gasteiger partial charge is 0.153 e. The summed E-state index contributed by atoms with van der Waals surface area (Å²) in [6.07, 6.45) is 1.82. The van der Waals surface area contributed by atoms with Crippen LogP contribution >= 0.6 is 0 Å². The summed E-state index contributed by atoms with van der Waals surface area (Å²) in [7, 11) is -1.26. The Bertz CT molecular complexity index is 773. The number of hydrogen-bond donors (Lipinski definition) is 0. The number of aromatic nitrogens is 1. The first-order valence-electron chi connectivity index (χ1n) is 6.89. The van der Waals surface area contributed by atoms with Crippen LogP contribution in [0.3, 0.4) is 0 Å². The summed E-state index contributed by atoms with van der Waals surface area (Å²) in [5.74, 6) is 1.15. The number of fused-ring (bicyclic) bond motifs is 1. The van der Waals surface area contributed by atoms with Gasteiger partial charge < -0.3 is 9.64 Å². The average Bonchev–Trinajstić information content (AvgIpc) is 2.47. The maximum Gasteiger partial charge on any atom is 0.153 e. The van der Waals surface area contributed by atoms with E-state index in [0.29, 0.717) is 13.1 Å². The van der Waals surface area contributed by atoms with Gasteiger partial charge in [0.25, 0.3) is 0 Å². The SMILES string of the molecule is COc1cccc2c(N3CCS(=O)(=O)CC3)c(C)cnc12. The fraction of sp³-hybridized carbons (Fsp3) is 0.400. The van der Waals surface area contributed by atoms with Crippen molar-refractivity contribution in [3.05, 3.63) is 30.0 Å². The third-order valence-electron chi connectivity index (χ3n) is 3.90. The number of para-hydroxylation sites is 1. The normalized spacial score (nSPS) is 17.9. The number of benzene rings is 1. The van der Waals surface area contributed by atoms with Gasteiger partial charge in [0.1, 0.15) is 11.3 Å². The lowest BCUT2D eigenvalue weighted by Crippen LogP contribution is -2.40. The van der Waals surface area contributed by atoms with E-state index in [-0.39, 0.29) is 11.5 Å². The Labute approximate surface area is 124 Å². The molecule has 0 saturated carbocycles. The molecule has 0 bridgehead atoms. The van der Waals surface area contributed by atoms with Crippen LogP contribution in [0.5, 0.6) is 5.75 Å². The second kappa shape index (κ2) is 5.18. The van der Waals surface area contributed by atoms with Crippen molar-refractivity contribution in [1.29, 1.82) is 0 Å². The maximum atomic E-state index is 11.6. The van der Waals surface area contributed by atoms with Gasteiger partial charge in [0.05, 0.1) is 24.3 Å². The Morgan fingerprint density at radius 2 is 1.95 bits per heavy atom. The predicted molar refractivity (Wildman–Crippen MR) is 83.9 cm³/mol. The quantitative estimate of drug-likeness (QED) is 0.846. The highest BCUT2D eigenvalue weighted by atomic mass is 32.2. The summed E-state index contributed by atoms with van der Waals surface area (Å²) in [6.45, 7) is 3.06. The van der Waals surface area contributed by atoms with Crippen LogP contribution in [-0.2, 0) is 9.84 Å². The molecular formula is C15H18N2O3S. The Morgan fingerprint density at radius 3 is 2.62 bits per heavy atom. The topological polar surface area (TPSA) is 59.5 Å². The molecule has 1 aromatic carbocycles. The minimum atomic E-state index is -2.88. The Morgan fingerprint density at radius 1 is 1.24 bits per heavy atom. The molecule has 21 heavy (non-hydrogen) atoms. The van der Waals surface area contributed by atoms with E-state index in [4.69, 9.17) is 4.74 Å². The van der Waals surface area contributed by atoms with Crippen LogP contribution in [-0.4, -0.2) is 45.1 Å². The van der Waals surface area contributed by atoms with Crippen molar-refractivity contribution in [2.24, 2.45) is 0 Å². The van der Waals surface area contributed by atoms with E-state index >= 15 is 0 Å². The van der Waals surface area contributed by atoms with Gasteiger partial charge in [-0.2, -0.15) is 0 Å². The number of nitrogens with zero attached hydrogens (tertiary/aromatic N) is 2. The number of methoxy groups -OCH3 is 1. The summed E-state index contributed by atoms with van der Waals surface area (Å²) in [5, 5.41) is 1.01. The van der Waals surface area contributed by atoms with Crippen molar-refractivity contribution in [2.45, 2.75) is 6.92 Å². The number of anilines is 1. The fourth-order valence-corrected chi connectivity index (χ4v) is 4.00. The Hall–Kier alpha value is -1.82. The molecule has 2 heterocycles. The lowest BCUT2D eigenvalue weighted by molar-refractivity contribution is 0.419. The molecule has 2 aromatic rings. The zero-order valence-corrected chi connectivity index (χ0v) is 13.0. The number of aryl methyl sites for hydroxylation is 1. The largest absolute Gasteiger partial charge is 0.494 e. The molecule has 0 N–H and O–H groups in total. The molecule has 3 rings (SSSR count). The third-order valence-corrected chi connectivity index (χ3v) is 5.50.